The van der Waals surface area contributed by atoms with E-state index in [0.717, 1.165) is 37.2 Å². The summed E-state index contributed by atoms with van der Waals surface area (Å²) in [5, 5.41) is 10.4. The van der Waals surface area contributed by atoms with Gasteiger partial charge in [-0.25, -0.2) is 4.79 Å². The van der Waals surface area contributed by atoms with Crippen LogP contribution >= 0.6 is 0 Å². The number of carbonyl (C=O) groups excluding carboxylic acids is 1. The van der Waals surface area contributed by atoms with Gasteiger partial charge in [0.25, 0.3) is 0 Å². The van der Waals surface area contributed by atoms with Gasteiger partial charge in [-0.3, -0.25) is 5.41 Å². The molecule has 1 saturated heterocycles. The van der Waals surface area contributed by atoms with Gasteiger partial charge >= 0.3 is 6.03 Å². The van der Waals surface area contributed by atoms with Crippen molar-refractivity contribution in [2.45, 2.75) is 26.7 Å². The monoisotopic (exact) mass is 274 g/mol. The summed E-state index contributed by atoms with van der Waals surface area (Å²) in [7, 11) is 0. The van der Waals surface area contributed by atoms with Crippen molar-refractivity contribution in [3.8, 4) is 0 Å². The molecule has 1 aliphatic rings. The van der Waals surface area contributed by atoms with Crippen LogP contribution in [0.15, 0.2) is 18.2 Å². The molecule has 5 heteroatoms. The smallest absolute Gasteiger partial charge is 0.321 e. The molecular formula is C15H22N4O. The van der Waals surface area contributed by atoms with E-state index >= 15 is 0 Å². The molecular weight excluding hydrogens is 252 g/mol. The lowest BCUT2D eigenvalue weighted by Crippen LogP contribution is -2.40. The highest BCUT2D eigenvalue weighted by atomic mass is 16.2. The van der Waals surface area contributed by atoms with Crippen LogP contribution < -0.4 is 11.1 Å². The lowest BCUT2D eigenvalue weighted by Gasteiger charge is -2.30. The topological polar surface area (TPSA) is 82.2 Å². The van der Waals surface area contributed by atoms with Crippen LogP contribution in [0, 0.1) is 18.3 Å². The number of nitrogens with one attached hydrogen (secondary N) is 2. The summed E-state index contributed by atoms with van der Waals surface area (Å²) in [6.07, 6.45) is 2.11. The number of nitrogens with two attached hydrogens (primary N) is 1. The average molecular weight is 274 g/mol. The molecule has 1 aromatic rings. The molecule has 108 valence electrons. The highest BCUT2D eigenvalue weighted by Crippen LogP contribution is 2.20. The number of benzene rings is 1. The zero-order chi connectivity index (χ0) is 14.7. The number of hydrogen-bond acceptors (Lipinski definition) is 2. The molecule has 2 amide bonds. The Hall–Kier alpha value is -2.04. The summed E-state index contributed by atoms with van der Waals surface area (Å²) >= 11 is 0. The second-order valence-corrected chi connectivity index (χ2v) is 5.54. The molecule has 0 bridgehead atoms. The van der Waals surface area contributed by atoms with Crippen molar-refractivity contribution in [2.24, 2.45) is 11.7 Å². The van der Waals surface area contributed by atoms with Crippen LogP contribution in [-0.2, 0) is 0 Å². The zero-order valence-corrected chi connectivity index (χ0v) is 12.1. The zero-order valence-electron chi connectivity index (χ0n) is 12.1. The fraction of sp³-hybridized carbons (Fsp3) is 0.467. The van der Waals surface area contributed by atoms with E-state index in [9.17, 15) is 4.79 Å². The number of anilines is 1. The van der Waals surface area contributed by atoms with Crippen molar-refractivity contribution < 1.29 is 4.79 Å². The van der Waals surface area contributed by atoms with Crippen LogP contribution in [-0.4, -0.2) is 29.9 Å². The number of amidine groups is 1. The molecule has 1 heterocycles. The van der Waals surface area contributed by atoms with E-state index in [1.165, 1.54) is 0 Å². The fourth-order valence-electron chi connectivity index (χ4n) is 2.33. The van der Waals surface area contributed by atoms with Gasteiger partial charge in [-0.1, -0.05) is 19.1 Å². The van der Waals surface area contributed by atoms with Gasteiger partial charge in [-0.15, -0.1) is 0 Å². The number of aryl methyl sites for hydroxylation is 1. The van der Waals surface area contributed by atoms with Crippen LogP contribution in [0.2, 0.25) is 0 Å². The second-order valence-electron chi connectivity index (χ2n) is 5.54. The number of amides is 2. The highest BCUT2D eigenvalue weighted by Gasteiger charge is 2.20. The van der Waals surface area contributed by atoms with E-state index in [1.807, 2.05) is 17.9 Å². The van der Waals surface area contributed by atoms with Gasteiger partial charge in [0, 0.05) is 24.3 Å². The van der Waals surface area contributed by atoms with Crippen LogP contribution in [0.1, 0.15) is 30.9 Å². The van der Waals surface area contributed by atoms with Gasteiger partial charge in [0.2, 0.25) is 0 Å². The first-order chi connectivity index (χ1) is 9.47. The van der Waals surface area contributed by atoms with Gasteiger partial charge in [0.05, 0.1) is 0 Å². The number of nitrogen functional groups attached to an aromatic ring is 1. The largest absolute Gasteiger partial charge is 0.384 e. The first-order valence-corrected chi connectivity index (χ1v) is 6.98. The van der Waals surface area contributed by atoms with E-state index in [4.69, 9.17) is 11.1 Å². The maximum atomic E-state index is 12.2. The van der Waals surface area contributed by atoms with Gasteiger partial charge in [-0.2, -0.15) is 0 Å². The maximum absolute atomic E-state index is 12.2. The Labute approximate surface area is 119 Å². The molecule has 4 N–H and O–H groups in total. The summed E-state index contributed by atoms with van der Waals surface area (Å²) < 4.78 is 0. The number of nitrogens with zero attached hydrogens (tertiary/aromatic N) is 1. The lowest BCUT2D eigenvalue weighted by molar-refractivity contribution is 0.186. The van der Waals surface area contributed by atoms with Crippen LogP contribution in [0.4, 0.5) is 10.5 Å². The number of urea groups is 1. The van der Waals surface area contributed by atoms with Crippen LogP contribution in [0.25, 0.3) is 0 Å². The van der Waals surface area contributed by atoms with Crippen LogP contribution in [0.5, 0.6) is 0 Å². The van der Waals surface area contributed by atoms with Crippen LogP contribution in [0.3, 0.4) is 0 Å². The van der Waals surface area contributed by atoms with Gasteiger partial charge in [0.1, 0.15) is 5.84 Å². The predicted octanol–water partition coefficient (Wildman–Crippen LogP) is 2.54. The maximum Gasteiger partial charge on any atom is 0.321 e. The summed E-state index contributed by atoms with van der Waals surface area (Å²) in [4.78, 5) is 14.1. The summed E-state index contributed by atoms with van der Waals surface area (Å²) in [6.45, 7) is 5.75. The van der Waals surface area contributed by atoms with Crippen molar-refractivity contribution in [3.05, 3.63) is 29.3 Å². The summed E-state index contributed by atoms with van der Waals surface area (Å²) in [5.41, 5.74) is 7.79. The number of likely N-dealkylation sites (tertiary alicyclic amines) is 1. The molecule has 5 nitrogen and oxygen atoms in total. The fourth-order valence-corrected chi connectivity index (χ4v) is 2.33. The molecule has 0 radical (unpaired) electrons. The normalized spacial score (nSPS) is 16.0. The van der Waals surface area contributed by atoms with Gasteiger partial charge < -0.3 is 16.0 Å². The Morgan fingerprint density at radius 1 is 1.40 bits per heavy atom. The first kappa shape index (κ1) is 14.4. The number of hydrogen-bond donors (Lipinski definition) is 3. The molecule has 0 unspecified atom stereocenters. The molecule has 0 spiro atoms. The van der Waals surface area contributed by atoms with Gasteiger partial charge in [-0.05, 0) is 37.3 Å². The highest BCUT2D eigenvalue weighted by molar-refractivity contribution is 5.97. The number of carbonyl (C=O) groups is 1. The molecule has 1 aromatic carbocycles. The average Bonchev–Trinajstić information content (AvgIpc) is 2.41. The molecule has 2 rings (SSSR count). The van der Waals surface area contributed by atoms with Crippen molar-refractivity contribution in [2.75, 3.05) is 18.4 Å². The SMILES string of the molecule is Cc1ccc(C(=N)N)cc1NC(=O)N1CCC(C)CC1. The molecule has 1 aliphatic heterocycles. The van der Waals surface area contributed by atoms with E-state index in [0.29, 0.717) is 11.5 Å². The molecule has 0 aromatic heterocycles. The third kappa shape index (κ3) is 3.29. The third-order valence-electron chi connectivity index (χ3n) is 3.86. The summed E-state index contributed by atoms with van der Waals surface area (Å²) in [6, 6.07) is 5.34. The minimum Gasteiger partial charge on any atom is -0.384 e. The molecule has 0 aliphatic carbocycles. The summed E-state index contributed by atoms with van der Waals surface area (Å²) in [5.74, 6) is 0.703. The first-order valence-electron chi connectivity index (χ1n) is 6.98. The van der Waals surface area contributed by atoms with E-state index in [2.05, 4.69) is 12.2 Å². The minimum atomic E-state index is -0.0688. The molecule has 0 saturated carbocycles. The van der Waals surface area contributed by atoms with E-state index in [1.54, 1.807) is 12.1 Å². The van der Waals surface area contributed by atoms with E-state index < -0.39 is 0 Å². The lowest BCUT2D eigenvalue weighted by atomic mass is 10.00. The Balaban J connectivity index is 2.07. The quantitative estimate of drug-likeness (QED) is 0.572. The van der Waals surface area contributed by atoms with Crippen molar-refractivity contribution in [3.63, 3.8) is 0 Å². The van der Waals surface area contributed by atoms with Gasteiger partial charge in [0.15, 0.2) is 0 Å². The molecule has 20 heavy (non-hydrogen) atoms. The van der Waals surface area contributed by atoms with Crippen molar-refractivity contribution >= 4 is 17.6 Å². The predicted molar refractivity (Wildman–Crippen MR) is 81.2 cm³/mol. The minimum absolute atomic E-state index is 0.00676. The number of piperidine rings is 1. The number of rotatable bonds is 2. The Bertz CT molecular complexity index is 519. The third-order valence-corrected chi connectivity index (χ3v) is 3.86. The Morgan fingerprint density at radius 3 is 2.65 bits per heavy atom. The molecule has 1 fully saturated rings. The Kier molecular flexibility index (Phi) is 4.27. The van der Waals surface area contributed by atoms with Crippen molar-refractivity contribution in [1.82, 2.24) is 4.90 Å². The van der Waals surface area contributed by atoms with E-state index in [-0.39, 0.29) is 11.9 Å². The van der Waals surface area contributed by atoms with Crippen molar-refractivity contribution in [1.29, 1.82) is 5.41 Å². The Morgan fingerprint density at radius 2 is 2.05 bits per heavy atom. The standard InChI is InChI=1S/C15H22N4O/c1-10-5-7-19(8-6-10)15(20)18-13-9-12(14(16)17)4-3-11(13)2/h3-4,9-10H,5-8H2,1-2H3,(H3,16,17)(H,18,20). The molecule has 0 atom stereocenters. The second kappa shape index (κ2) is 5.94.